The first-order valence-electron chi connectivity index (χ1n) is 16.7. The summed E-state index contributed by atoms with van der Waals surface area (Å²) in [7, 11) is 0. The van der Waals surface area contributed by atoms with E-state index in [-0.39, 0.29) is 24.6 Å². The van der Waals surface area contributed by atoms with Gasteiger partial charge in [0.05, 0.1) is 18.7 Å². The minimum Gasteiger partial charge on any atom is -0.484 e. The van der Waals surface area contributed by atoms with Gasteiger partial charge in [-0.3, -0.25) is 14.4 Å². The molecule has 2 amide bonds. The number of ether oxygens (including phenoxy) is 1. The summed E-state index contributed by atoms with van der Waals surface area (Å²) < 4.78 is 32.6. The van der Waals surface area contributed by atoms with Gasteiger partial charge in [0.25, 0.3) is 5.91 Å². The minimum atomic E-state index is -1.20. The molecule has 0 saturated carbocycles. The average Bonchev–Trinajstić information content (AvgIpc) is 3.16. The van der Waals surface area contributed by atoms with Gasteiger partial charge >= 0.3 is 5.97 Å². The number of carbonyl (C=O) groups excluding carboxylic acids is 3. The fourth-order valence-corrected chi connectivity index (χ4v) is 7.25. The number of aliphatic carboxylic acids is 1. The van der Waals surface area contributed by atoms with Crippen LogP contribution in [0.25, 0.3) is 10.8 Å². The number of hydrogen-bond acceptors (Lipinski definition) is 8. The van der Waals surface area contributed by atoms with E-state index >= 15 is 0 Å². The highest BCUT2D eigenvalue weighted by atomic mass is 32.2. The molecule has 1 unspecified atom stereocenters. The summed E-state index contributed by atoms with van der Waals surface area (Å²) in [5.41, 5.74) is 2.30. The number of carboxylic acid groups (broad SMARTS) is 1. The first-order chi connectivity index (χ1) is 25.5. The molecule has 4 atom stereocenters. The van der Waals surface area contributed by atoms with E-state index < -0.39 is 59.3 Å². The van der Waals surface area contributed by atoms with Crippen LogP contribution in [-0.2, 0) is 19.2 Å². The molecular formula is C40H35F2N3O7S. The van der Waals surface area contributed by atoms with Crippen LogP contribution in [0, 0.1) is 11.6 Å². The Morgan fingerprint density at radius 3 is 2.19 bits per heavy atom. The standard InChI is InChI=1S/C40H35F2N3O7S/c41-28-10-5-25(6-11-28)35(47)23-53-38-37(45(39(38)49)31-15-12-29(42)13-16-31)26-8-17-33(18-9-26)52-22-36(48)43-21-32(46)20-34(40(50)51)44-30-14-7-24-3-1-2-4-27(24)19-30/h1-19,34-35,37-38,44,47H,20-23H2,(H,43,48)(H,50,51)/t34-,35?,37-,38-/m1/s1. The number of amides is 2. The highest BCUT2D eigenvalue weighted by molar-refractivity contribution is 8.00. The molecule has 6 rings (SSSR count). The zero-order chi connectivity index (χ0) is 37.5. The molecule has 5 aromatic carbocycles. The maximum absolute atomic E-state index is 13.7. The van der Waals surface area contributed by atoms with Crippen LogP contribution < -0.4 is 20.3 Å². The molecule has 4 N–H and O–H groups in total. The van der Waals surface area contributed by atoms with Gasteiger partial charge in [-0.2, -0.15) is 0 Å². The van der Waals surface area contributed by atoms with Crippen molar-refractivity contribution in [1.82, 2.24) is 5.32 Å². The van der Waals surface area contributed by atoms with Crippen LogP contribution >= 0.6 is 11.8 Å². The molecule has 1 aliphatic heterocycles. The number of nitrogens with zero attached hydrogens (tertiary/aromatic N) is 1. The molecule has 5 aromatic rings. The van der Waals surface area contributed by atoms with Gasteiger partial charge in [-0.1, -0.05) is 54.6 Å². The van der Waals surface area contributed by atoms with Gasteiger partial charge in [-0.25, -0.2) is 13.6 Å². The van der Waals surface area contributed by atoms with Crippen LogP contribution in [0.1, 0.15) is 29.7 Å². The number of benzene rings is 5. The number of nitrogens with one attached hydrogen (secondary N) is 2. The molecule has 272 valence electrons. The van der Waals surface area contributed by atoms with Gasteiger partial charge in [0.15, 0.2) is 12.4 Å². The van der Waals surface area contributed by atoms with Crippen LogP contribution in [0.2, 0.25) is 0 Å². The number of aliphatic hydroxyl groups excluding tert-OH is 1. The van der Waals surface area contributed by atoms with Gasteiger partial charge in [0.1, 0.15) is 28.7 Å². The van der Waals surface area contributed by atoms with E-state index in [4.69, 9.17) is 4.74 Å². The number of Topliss-reactive ketones (excluding diaryl/α,β-unsaturated/α-hetero) is 1. The number of halogens is 2. The fourth-order valence-electron chi connectivity index (χ4n) is 5.95. The topological polar surface area (TPSA) is 145 Å². The van der Waals surface area contributed by atoms with Crippen LogP contribution in [0.15, 0.2) is 115 Å². The number of thioether (sulfide) groups is 1. The molecule has 1 heterocycles. The maximum Gasteiger partial charge on any atom is 0.326 e. The number of hydrogen-bond donors (Lipinski definition) is 4. The predicted octanol–water partition coefficient (Wildman–Crippen LogP) is 6.06. The Morgan fingerprint density at radius 1 is 0.849 bits per heavy atom. The van der Waals surface area contributed by atoms with Gasteiger partial charge in [0.2, 0.25) is 5.91 Å². The Hall–Kier alpha value is -5.79. The number of anilines is 2. The van der Waals surface area contributed by atoms with Crippen molar-refractivity contribution in [3.63, 3.8) is 0 Å². The molecule has 1 fully saturated rings. The van der Waals surface area contributed by atoms with Crippen molar-refractivity contribution in [3.05, 3.63) is 138 Å². The van der Waals surface area contributed by atoms with Crippen molar-refractivity contribution in [3.8, 4) is 5.75 Å². The lowest BCUT2D eigenvalue weighted by atomic mass is 9.92. The van der Waals surface area contributed by atoms with Gasteiger partial charge in [-0.15, -0.1) is 11.8 Å². The first-order valence-corrected chi connectivity index (χ1v) is 17.7. The second-order valence-electron chi connectivity index (χ2n) is 12.4. The summed E-state index contributed by atoms with van der Waals surface area (Å²) in [5, 5.41) is 27.0. The molecule has 0 spiro atoms. The number of carbonyl (C=O) groups is 4. The fraction of sp³-hybridized carbons (Fsp3) is 0.200. The summed E-state index contributed by atoms with van der Waals surface area (Å²) in [6.45, 7) is -0.790. The maximum atomic E-state index is 13.7. The highest BCUT2D eigenvalue weighted by Gasteiger charge is 2.49. The van der Waals surface area contributed by atoms with Gasteiger partial charge in [-0.05, 0) is 82.6 Å². The number of rotatable bonds is 16. The van der Waals surface area contributed by atoms with E-state index in [1.807, 2.05) is 30.3 Å². The molecule has 0 radical (unpaired) electrons. The molecule has 0 aromatic heterocycles. The van der Waals surface area contributed by atoms with Crippen molar-refractivity contribution in [2.24, 2.45) is 0 Å². The third-order valence-electron chi connectivity index (χ3n) is 8.73. The quantitative estimate of drug-likeness (QED) is 0.0888. The van der Waals surface area contributed by atoms with Crippen LogP contribution in [0.5, 0.6) is 5.75 Å². The number of β-lactam (4-membered cyclic amide) rings is 1. The van der Waals surface area contributed by atoms with Crippen molar-refractivity contribution in [2.45, 2.75) is 29.9 Å². The number of ketones is 1. The summed E-state index contributed by atoms with van der Waals surface area (Å²) >= 11 is 1.26. The Morgan fingerprint density at radius 2 is 1.51 bits per heavy atom. The monoisotopic (exact) mass is 739 g/mol. The van der Waals surface area contributed by atoms with Crippen LogP contribution in [0.4, 0.5) is 20.2 Å². The highest BCUT2D eigenvalue weighted by Crippen LogP contribution is 2.46. The second-order valence-corrected chi connectivity index (χ2v) is 13.6. The van der Waals surface area contributed by atoms with E-state index in [1.54, 1.807) is 41.3 Å². The van der Waals surface area contributed by atoms with E-state index in [9.17, 15) is 38.2 Å². The molecule has 53 heavy (non-hydrogen) atoms. The van der Waals surface area contributed by atoms with E-state index in [0.717, 1.165) is 16.3 Å². The van der Waals surface area contributed by atoms with E-state index in [2.05, 4.69) is 10.6 Å². The van der Waals surface area contributed by atoms with Crippen molar-refractivity contribution in [1.29, 1.82) is 0 Å². The molecular weight excluding hydrogens is 705 g/mol. The number of fused-ring (bicyclic) bond motifs is 1. The molecule has 0 bridgehead atoms. The smallest absolute Gasteiger partial charge is 0.326 e. The lowest BCUT2D eigenvalue weighted by Crippen LogP contribution is -2.57. The van der Waals surface area contributed by atoms with Crippen molar-refractivity contribution >= 4 is 57.5 Å². The summed E-state index contributed by atoms with van der Waals surface area (Å²) in [6, 6.07) is 29.1. The molecule has 10 nitrogen and oxygen atoms in total. The number of aliphatic hydroxyl groups is 1. The normalized spacial score (nSPS) is 16.4. The van der Waals surface area contributed by atoms with E-state index in [1.165, 1.54) is 60.3 Å². The van der Waals surface area contributed by atoms with E-state index in [0.29, 0.717) is 22.7 Å². The van der Waals surface area contributed by atoms with Crippen molar-refractivity contribution < 1.29 is 42.9 Å². The third kappa shape index (κ3) is 9.18. The molecule has 13 heteroatoms. The Bertz CT molecular complexity index is 2100. The largest absolute Gasteiger partial charge is 0.484 e. The summed E-state index contributed by atoms with van der Waals surface area (Å²) in [5.74, 6) is -2.84. The minimum absolute atomic E-state index is 0.173. The predicted molar refractivity (Wildman–Crippen MR) is 198 cm³/mol. The second kappa shape index (κ2) is 16.7. The van der Waals surface area contributed by atoms with Gasteiger partial charge in [0, 0.05) is 23.5 Å². The van der Waals surface area contributed by atoms with Gasteiger partial charge < -0.3 is 30.5 Å². The first kappa shape index (κ1) is 37.0. The van der Waals surface area contributed by atoms with Crippen LogP contribution in [-0.4, -0.2) is 64.0 Å². The third-order valence-corrected chi connectivity index (χ3v) is 10.1. The Labute approximate surface area is 307 Å². The SMILES string of the molecule is O=C(CNC(=O)COc1ccc([C@@H]2[C@@H](SCC(O)c3ccc(F)cc3)C(=O)N2c2ccc(F)cc2)cc1)C[C@@H](Nc1ccc2ccccc2c1)C(=O)O. The molecule has 1 saturated heterocycles. The lowest BCUT2D eigenvalue weighted by Gasteiger charge is -2.47. The zero-order valence-corrected chi connectivity index (χ0v) is 29.0. The Kier molecular flexibility index (Phi) is 11.7. The van der Waals surface area contributed by atoms with Crippen LogP contribution in [0.3, 0.4) is 0 Å². The lowest BCUT2D eigenvalue weighted by molar-refractivity contribution is -0.139. The summed E-state index contributed by atoms with van der Waals surface area (Å²) in [4.78, 5) is 51.9. The Balaban J connectivity index is 1.02. The molecule has 1 aliphatic rings. The number of carboxylic acids is 1. The average molecular weight is 740 g/mol. The summed E-state index contributed by atoms with van der Waals surface area (Å²) in [6.07, 6.45) is -1.29. The molecule has 0 aliphatic carbocycles. The zero-order valence-electron chi connectivity index (χ0n) is 28.2. The van der Waals surface area contributed by atoms with Crippen molar-refractivity contribution in [2.75, 3.05) is 29.1 Å².